The van der Waals surface area contributed by atoms with E-state index in [1.807, 2.05) is 0 Å². The summed E-state index contributed by atoms with van der Waals surface area (Å²) >= 11 is 0. The van der Waals surface area contributed by atoms with Crippen LogP contribution in [0.4, 0.5) is 5.82 Å². The Bertz CT molecular complexity index is 598. The van der Waals surface area contributed by atoms with E-state index in [9.17, 15) is 4.79 Å². The lowest BCUT2D eigenvalue weighted by Crippen LogP contribution is -2.34. The molecule has 10 heteroatoms. The van der Waals surface area contributed by atoms with E-state index in [1.165, 1.54) is 17.1 Å². The van der Waals surface area contributed by atoms with Gasteiger partial charge in [-0.25, -0.2) is 14.6 Å². The molecule has 0 saturated heterocycles. The first kappa shape index (κ1) is 12.0. The van der Waals surface area contributed by atoms with Crippen LogP contribution in [0.15, 0.2) is 18.6 Å². The molecule has 92 valence electrons. The van der Waals surface area contributed by atoms with Crippen molar-refractivity contribution in [2.24, 2.45) is 5.73 Å². The number of nitrogens with zero attached hydrogens (tertiary/aromatic N) is 4. The maximum absolute atomic E-state index is 10.9. The number of hydrogen-bond donors (Lipinski definition) is 4. The molecule has 2 rings (SSSR count). The summed E-state index contributed by atoms with van der Waals surface area (Å²) in [5, 5.41) is 21.8. The zero-order valence-corrected chi connectivity index (χ0v) is 9.06. The number of rotatable bonds is 3. The number of anilines is 1. The molecule has 0 atom stereocenters. The third-order valence-corrected chi connectivity index (χ3v) is 2.15. The van der Waals surface area contributed by atoms with Crippen molar-refractivity contribution < 1.29 is 14.8 Å². The molecule has 0 aromatic carbocycles. The minimum atomic E-state index is -1.77. The summed E-state index contributed by atoms with van der Waals surface area (Å²) in [5.41, 5.74) is 10.8. The number of aromatic nitrogens is 4. The first-order valence-corrected chi connectivity index (χ1v) is 4.82. The summed E-state index contributed by atoms with van der Waals surface area (Å²) in [4.78, 5) is 18.6. The lowest BCUT2D eigenvalue weighted by molar-refractivity contribution is 0.100. The van der Waals surface area contributed by atoms with Crippen LogP contribution < -0.4 is 17.1 Å². The monoisotopic (exact) mass is 248 g/mol. The number of nitrogen functional groups attached to an aromatic ring is 1. The molecule has 0 spiro atoms. The van der Waals surface area contributed by atoms with Crippen molar-refractivity contribution in [3.8, 4) is 5.82 Å². The van der Waals surface area contributed by atoms with Crippen molar-refractivity contribution in [1.29, 1.82) is 0 Å². The van der Waals surface area contributed by atoms with Crippen LogP contribution >= 0.6 is 0 Å². The van der Waals surface area contributed by atoms with E-state index in [0.29, 0.717) is 0 Å². The third kappa shape index (κ3) is 2.14. The first-order valence-electron chi connectivity index (χ1n) is 4.82. The van der Waals surface area contributed by atoms with Crippen molar-refractivity contribution in [2.45, 2.75) is 0 Å². The van der Waals surface area contributed by atoms with Crippen molar-refractivity contribution in [3.05, 3.63) is 24.2 Å². The van der Waals surface area contributed by atoms with E-state index in [2.05, 4.69) is 15.1 Å². The van der Waals surface area contributed by atoms with Gasteiger partial charge in [0, 0.05) is 12.4 Å². The smallest absolute Gasteiger partial charge is 0.422 e. The van der Waals surface area contributed by atoms with Gasteiger partial charge in [-0.15, -0.1) is 0 Å². The highest BCUT2D eigenvalue weighted by molar-refractivity contribution is 6.57. The number of hydrogen-bond acceptors (Lipinski definition) is 7. The number of carbonyl (C=O) groups is 1. The molecule has 1 amide bonds. The summed E-state index contributed by atoms with van der Waals surface area (Å²) in [5.74, 6) is -0.544. The molecule has 2 heterocycles. The second-order valence-corrected chi connectivity index (χ2v) is 3.42. The van der Waals surface area contributed by atoms with Crippen LogP contribution in [-0.4, -0.2) is 42.8 Å². The number of nitrogens with two attached hydrogens (primary N) is 2. The lowest BCUT2D eigenvalue weighted by atomic mass is 9.87. The maximum Gasteiger partial charge on any atom is 0.509 e. The summed E-state index contributed by atoms with van der Waals surface area (Å²) in [6, 6.07) is 0. The third-order valence-electron chi connectivity index (χ3n) is 2.15. The van der Waals surface area contributed by atoms with Crippen LogP contribution in [0.2, 0.25) is 0 Å². The van der Waals surface area contributed by atoms with Gasteiger partial charge in [-0.1, -0.05) is 0 Å². The van der Waals surface area contributed by atoms with E-state index < -0.39 is 13.0 Å². The van der Waals surface area contributed by atoms with Gasteiger partial charge in [0.2, 0.25) is 0 Å². The topological polar surface area (TPSA) is 153 Å². The van der Waals surface area contributed by atoms with E-state index in [-0.39, 0.29) is 22.8 Å². The zero-order chi connectivity index (χ0) is 13.3. The van der Waals surface area contributed by atoms with Gasteiger partial charge in [-0.2, -0.15) is 5.10 Å². The Morgan fingerprint density at radius 2 is 2.11 bits per heavy atom. The molecule has 0 radical (unpaired) electrons. The van der Waals surface area contributed by atoms with Crippen LogP contribution in [0.3, 0.4) is 0 Å². The molecule has 0 bridgehead atoms. The molecule has 18 heavy (non-hydrogen) atoms. The Hall–Kier alpha value is -2.46. The minimum absolute atomic E-state index is 0.0264. The molecule has 0 aliphatic heterocycles. The maximum atomic E-state index is 10.9. The Morgan fingerprint density at radius 1 is 1.39 bits per heavy atom. The van der Waals surface area contributed by atoms with Gasteiger partial charge in [0.15, 0.2) is 11.6 Å². The molecule has 0 unspecified atom stereocenters. The van der Waals surface area contributed by atoms with Gasteiger partial charge in [0.05, 0.1) is 17.4 Å². The lowest BCUT2D eigenvalue weighted by Gasteiger charge is -2.05. The van der Waals surface area contributed by atoms with Crippen LogP contribution in [0.5, 0.6) is 0 Å². The van der Waals surface area contributed by atoms with Gasteiger partial charge in [-0.05, 0) is 0 Å². The van der Waals surface area contributed by atoms with Gasteiger partial charge < -0.3 is 21.5 Å². The largest absolute Gasteiger partial charge is 0.509 e. The fourth-order valence-corrected chi connectivity index (χ4v) is 1.26. The highest BCUT2D eigenvalue weighted by atomic mass is 16.4. The average Bonchev–Trinajstić information content (AvgIpc) is 2.78. The van der Waals surface area contributed by atoms with E-state index >= 15 is 0 Å². The standard InChI is InChI=1S/C8H9BN6O3/c10-6-8(14-5(2-12-6)9(17)18)15-3-4(1-13-15)7(11)16/h1-3,17-18H,(H2,10,12)(H2,11,16). The molecule has 0 aliphatic carbocycles. The highest BCUT2D eigenvalue weighted by Crippen LogP contribution is 2.09. The van der Waals surface area contributed by atoms with E-state index in [0.717, 1.165) is 6.20 Å². The molecule has 0 saturated carbocycles. The molecular weight excluding hydrogens is 239 g/mol. The van der Waals surface area contributed by atoms with Crippen molar-refractivity contribution in [1.82, 2.24) is 19.7 Å². The molecule has 2 aromatic rings. The quantitative estimate of drug-likeness (QED) is 0.422. The van der Waals surface area contributed by atoms with Crippen molar-refractivity contribution >= 4 is 24.4 Å². The minimum Gasteiger partial charge on any atom is -0.422 e. The molecule has 0 fully saturated rings. The second-order valence-electron chi connectivity index (χ2n) is 3.42. The van der Waals surface area contributed by atoms with Crippen LogP contribution in [-0.2, 0) is 0 Å². The normalized spacial score (nSPS) is 10.3. The summed E-state index contributed by atoms with van der Waals surface area (Å²) < 4.78 is 1.17. The van der Waals surface area contributed by atoms with Crippen LogP contribution in [0, 0.1) is 0 Å². The first-order chi connectivity index (χ1) is 8.49. The van der Waals surface area contributed by atoms with Gasteiger partial charge in [-0.3, -0.25) is 4.79 Å². The Kier molecular flexibility index (Phi) is 2.96. The number of carbonyl (C=O) groups excluding carboxylic acids is 1. The van der Waals surface area contributed by atoms with Gasteiger partial charge in [0.1, 0.15) is 0 Å². The average molecular weight is 248 g/mol. The SMILES string of the molecule is NC(=O)c1cnn(-c2nc(B(O)O)cnc2N)c1. The van der Waals surface area contributed by atoms with Gasteiger partial charge >= 0.3 is 7.12 Å². The van der Waals surface area contributed by atoms with Crippen molar-refractivity contribution in [2.75, 3.05) is 5.73 Å². The Balaban J connectivity index is 2.48. The zero-order valence-electron chi connectivity index (χ0n) is 9.06. The predicted molar refractivity (Wildman–Crippen MR) is 61.9 cm³/mol. The Morgan fingerprint density at radius 3 is 2.67 bits per heavy atom. The summed E-state index contributed by atoms with van der Waals surface area (Å²) in [6.45, 7) is 0. The molecule has 6 N–H and O–H groups in total. The molecule has 2 aromatic heterocycles. The molecular formula is C8H9BN6O3. The Labute approximate surface area is 101 Å². The molecule has 0 aliphatic rings. The molecule has 9 nitrogen and oxygen atoms in total. The van der Waals surface area contributed by atoms with E-state index in [1.54, 1.807) is 0 Å². The number of primary amides is 1. The predicted octanol–water partition coefficient (Wildman–Crippen LogP) is -2.98. The summed E-state index contributed by atoms with van der Waals surface area (Å²) in [7, 11) is -1.77. The number of amides is 1. The van der Waals surface area contributed by atoms with Crippen molar-refractivity contribution in [3.63, 3.8) is 0 Å². The fraction of sp³-hybridized carbons (Fsp3) is 0. The van der Waals surface area contributed by atoms with E-state index in [4.69, 9.17) is 21.5 Å². The fourth-order valence-electron chi connectivity index (χ4n) is 1.26. The van der Waals surface area contributed by atoms with Crippen LogP contribution in [0.25, 0.3) is 5.82 Å². The van der Waals surface area contributed by atoms with Crippen LogP contribution in [0.1, 0.15) is 10.4 Å². The summed E-state index contributed by atoms with van der Waals surface area (Å²) in [6.07, 6.45) is 3.68. The van der Waals surface area contributed by atoms with Gasteiger partial charge in [0.25, 0.3) is 5.91 Å². The second kappa shape index (κ2) is 4.43. The highest BCUT2D eigenvalue weighted by Gasteiger charge is 2.17.